The number of ether oxygens (including phenoxy) is 1. The number of methoxy groups -OCH3 is 1. The molecule has 0 saturated heterocycles. The summed E-state index contributed by atoms with van der Waals surface area (Å²) in [5.74, 6) is 0.808. The molecular weight excluding hydrogens is 246 g/mol. The summed E-state index contributed by atoms with van der Waals surface area (Å²) in [5, 5.41) is 0.742. The fourth-order valence-electron chi connectivity index (χ4n) is 1.98. The van der Waals surface area contributed by atoms with Gasteiger partial charge in [-0.2, -0.15) is 0 Å². The molecule has 1 unspecified atom stereocenters. The number of hydrogen-bond donors (Lipinski definition) is 1. The molecule has 2 rings (SSSR count). The Morgan fingerprint density at radius 2 is 1.89 bits per heavy atom. The zero-order valence-electron chi connectivity index (χ0n) is 10.5. The van der Waals surface area contributed by atoms with Gasteiger partial charge < -0.3 is 10.5 Å². The van der Waals surface area contributed by atoms with Gasteiger partial charge in [0.15, 0.2) is 0 Å². The lowest BCUT2D eigenvalue weighted by atomic mass is 9.96. The minimum Gasteiger partial charge on any atom is -0.497 e. The van der Waals surface area contributed by atoms with Crippen molar-refractivity contribution in [3.63, 3.8) is 0 Å². The summed E-state index contributed by atoms with van der Waals surface area (Å²) < 4.78 is 5.21. The van der Waals surface area contributed by atoms with E-state index >= 15 is 0 Å². The maximum Gasteiger partial charge on any atom is 0.119 e. The van der Waals surface area contributed by atoms with Crippen LogP contribution in [0.3, 0.4) is 0 Å². The first-order valence-corrected chi connectivity index (χ1v) is 6.16. The number of nitrogens with two attached hydrogens (primary N) is 1. The van der Waals surface area contributed by atoms with Gasteiger partial charge in [0, 0.05) is 5.02 Å². The van der Waals surface area contributed by atoms with Crippen LogP contribution >= 0.6 is 11.6 Å². The Bertz CT molecular complexity index is 554. The van der Waals surface area contributed by atoms with Crippen LogP contribution < -0.4 is 10.5 Å². The van der Waals surface area contributed by atoms with Gasteiger partial charge in [-0.15, -0.1) is 0 Å². The van der Waals surface area contributed by atoms with E-state index in [4.69, 9.17) is 22.1 Å². The van der Waals surface area contributed by atoms with Gasteiger partial charge in [0.05, 0.1) is 13.2 Å². The Morgan fingerprint density at radius 3 is 2.61 bits per heavy atom. The lowest BCUT2D eigenvalue weighted by Gasteiger charge is -2.16. The summed E-state index contributed by atoms with van der Waals surface area (Å²) in [5.41, 5.74) is 9.37. The lowest BCUT2D eigenvalue weighted by molar-refractivity contribution is 0.414. The van der Waals surface area contributed by atoms with Crippen molar-refractivity contribution in [2.24, 2.45) is 5.73 Å². The van der Waals surface area contributed by atoms with Crippen molar-refractivity contribution in [2.45, 2.75) is 13.0 Å². The molecule has 0 aliphatic carbocycles. The van der Waals surface area contributed by atoms with Crippen LogP contribution in [0.15, 0.2) is 42.5 Å². The van der Waals surface area contributed by atoms with Crippen molar-refractivity contribution in [3.05, 3.63) is 64.2 Å². The van der Waals surface area contributed by atoms with Gasteiger partial charge in [0.25, 0.3) is 0 Å². The summed E-state index contributed by atoms with van der Waals surface area (Å²) in [6.07, 6.45) is 0. The Labute approximate surface area is 112 Å². The van der Waals surface area contributed by atoms with E-state index in [0.717, 1.165) is 27.5 Å². The smallest absolute Gasteiger partial charge is 0.119 e. The molecule has 2 aromatic carbocycles. The first-order valence-electron chi connectivity index (χ1n) is 5.78. The highest BCUT2D eigenvalue weighted by Gasteiger charge is 2.13. The predicted octanol–water partition coefficient (Wildman–Crippen LogP) is 3.71. The molecule has 3 heteroatoms. The van der Waals surface area contributed by atoms with Crippen molar-refractivity contribution in [1.29, 1.82) is 0 Å². The minimum atomic E-state index is -0.196. The van der Waals surface area contributed by atoms with Crippen LogP contribution in [0.1, 0.15) is 22.7 Å². The third-order valence-electron chi connectivity index (χ3n) is 3.10. The van der Waals surface area contributed by atoms with Crippen LogP contribution in [-0.4, -0.2) is 7.11 Å². The van der Waals surface area contributed by atoms with E-state index in [-0.39, 0.29) is 6.04 Å². The quantitative estimate of drug-likeness (QED) is 0.914. The Balaban J connectivity index is 2.41. The summed E-state index contributed by atoms with van der Waals surface area (Å²) in [6, 6.07) is 13.4. The van der Waals surface area contributed by atoms with E-state index in [9.17, 15) is 0 Å². The summed E-state index contributed by atoms with van der Waals surface area (Å²) in [7, 11) is 1.65. The lowest BCUT2D eigenvalue weighted by Crippen LogP contribution is -2.13. The zero-order valence-corrected chi connectivity index (χ0v) is 11.2. The average Bonchev–Trinajstić information content (AvgIpc) is 2.41. The maximum atomic E-state index is 6.30. The molecule has 2 aromatic rings. The summed E-state index contributed by atoms with van der Waals surface area (Å²) in [4.78, 5) is 0. The average molecular weight is 262 g/mol. The van der Waals surface area contributed by atoms with Crippen molar-refractivity contribution in [1.82, 2.24) is 0 Å². The topological polar surface area (TPSA) is 35.2 Å². The van der Waals surface area contributed by atoms with Crippen LogP contribution in [0.25, 0.3) is 0 Å². The largest absolute Gasteiger partial charge is 0.497 e. The van der Waals surface area contributed by atoms with Crippen molar-refractivity contribution >= 4 is 11.6 Å². The number of benzene rings is 2. The van der Waals surface area contributed by atoms with Gasteiger partial charge in [-0.25, -0.2) is 0 Å². The second-order valence-corrected chi connectivity index (χ2v) is 4.62. The molecule has 94 valence electrons. The highest BCUT2D eigenvalue weighted by atomic mass is 35.5. The monoisotopic (exact) mass is 261 g/mol. The van der Waals surface area contributed by atoms with E-state index in [1.54, 1.807) is 7.11 Å². The van der Waals surface area contributed by atoms with Crippen LogP contribution in [0.5, 0.6) is 5.75 Å². The van der Waals surface area contributed by atoms with Crippen molar-refractivity contribution < 1.29 is 4.74 Å². The SMILES string of the molecule is COc1cccc(C(N)c2cccc(Cl)c2C)c1. The second kappa shape index (κ2) is 5.42. The molecule has 0 aliphatic rings. The summed E-state index contributed by atoms with van der Waals surface area (Å²) >= 11 is 6.12. The van der Waals surface area contributed by atoms with Gasteiger partial charge in [-0.1, -0.05) is 35.9 Å². The third-order valence-corrected chi connectivity index (χ3v) is 3.51. The van der Waals surface area contributed by atoms with Gasteiger partial charge >= 0.3 is 0 Å². The van der Waals surface area contributed by atoms with Crippen LogP contribution in [0, 0.1) is 6.92 Å². The maximum absolute atomic E-state index is 6.30. The van der Waals surface area contributed by atoms with Gasteiger partial charge in [0.1, 0.15) is 5.75 Å². The normalized spacial score (nSPS) is 12.2. The number of rotatable bonds is 3. The fourth-order valence-corrected chi connectivity index (χ4v) is 2.16. The molecule has 1 atom stereocenters. The standard InChI is InChI=1S/C15H16ClNO/c1-10-13(7-4-8-14(10)16)15(17)11-5-3-6-12(9-11)18-2/h3-9,15H,17H2,1-2H3. The molecule has 0 saturated carbocycles. The van der Waals surface area contributed by atoms with E-state index in [0.29, 0.717) is 0 Å². The Kier molecular flexibility index (Phi) is 3.90. The zero-order chi connectivity index (χ0) is 13.1. The molecule has 0 heterocycles. The van der Waals surface area contributed by atoms with E-state index in [1.165, 1.54) is 0 Å². The third kappa shape index (κ3) is 2.50. The Hall–Kier alpha value is -1.51. The molecule has 0 aromatic heterocycles. The number of halogens is 1. The highest BCUT2D eigenvalue weighted by Crippen LogP contribution is 2.28. The van der Waals surface area contributed by atoms with Crippen LogP contribution in [0.2, 0.25) is 5.02 Å². The molecule has 0 amide bonds. The van der Waals surface area contributed by atoms with Crippen molar-refractivity contribution in [2.75, 3.05) is 7.11 Å². The van der Waals surface area contributed by atoms with E-state index in [1.807, 2.05) is 49.4 Å². The molecule has 0 bridgehead atoms. The van der Waals surface area contributed by atoms with Gasteiger partial charge in [-0.3, -0.25) is 0 Å². The van der Waals surface area contributed by atoms with Gasteiger partial charge in [0.2, 0.25) is 0 Å². The molecule has 0 aliphatic heterocycles. The molecule has 0 fully saturated rings. The van der Waals surface area contributed by atoms with Crippen LogP contribution in [0.4, 0.5) is 0 Å². The van der Waals surface area contributed by atoms with E-state index < -0.39 is 0 Å². The molecule has 18 heavy (non-hydrogen) atoms. The molecule has 0 spiro atoms. The van der Waals surface area contributed by atoms with E-state index in [2.05, 4.69) is 0 Å². The van der Waals surface area contributed by atoms with Crippen molar-refractivity contribution in [3.8, 4) is 5.75 Å². The second-order valence-electron chi connectivity index (χ2n) is 4.21. The van der Waals surface area contributed by atoms with Gasteiger partial charge in [-0.05, 0) is 41.8 Å². The molecule has 2 N–H and O–H groups in total. The first kappa shape index (κ1) is 12.9. The highest BCUT2D eigenvalue weighted by molar-refractivity contribution is 6.31. The number of hydrogen-bond acceptors (Lipinski definition) is 2. The molecule has 2 nitrogen and oxygen atoms in total. The first-order chi connectivity index (χ1) is 8.63. The molecule has 0 radical (unpaired) electrons. The predicted molar refractivity (Wildman–Crippen MR) is 75.2 cm³/mol. The minimum absolute atomic E-state index is 0.196. The summed E-state index contributed by atoms with van der Waals surface area (Å²) in [6.45, 7) is 1.98. The Morgan fingerprint density at radius 1 is 1.17 bits per heavy atom. The fraction of sp³-hybridized carbons (Fsp3) is 0.200. The van der Waals surface area contributed by atoms with Crippen LogP contribution in [-0.2, 0) is 0 Å². The molecular formula is C15H16ClNO.